The van der Waals surface area contributed by atoms with Crippen LogP contribution in [0, 0.1) is 12.8 Å². The van der Waals surface area contributed by atoms with Gasteiger partial charge < -0.3 is 26.2 Å². The van der Waals surface area contributed by atoms with Gasteiger partial charge in [0.1, 0.15) is 17.9 Å². The normalized spacial score (nSPS) is 17.2. The Kier molecular flexibility index (Phi) is 9.63. The number of aryl methyl sites for hydroxylation is 1. The Bertz CT molecular complexity index is 1370. The van der Waals surface area contributed by atoms with Crippen molar-refractivity contribution in [1.82, 2.24) is 10.2 Å². The number of aromatic hydroxyl groups is 1. The van der Waals surface area contributed by atoms with Gasteiger partial charge in [-0.1, -0.05) is 73.7 Å². The van der Waals surface area contributed by atoms with Crippen LogP contribution in [0.4, 0.5) is 0 Å². The van der Waals surface area contributed by atoms with E-state index in [2.05, 4.69) is 5.32 Å². The number of nitrogens with two attached hydrogens (primary N) is 1. The lowest BCUT2D eigenvalue weighted by Crippen LogP contribution is -2.53. The molecule has 210 valence electrons. The number of ketones is 1. The number of nitrogens with one attached hydrogen (secondary N) is 1. The number of phenolic OH excluding ortho intramolecular Hbond substituents is 1. The third kappa shape index (κ3) is 6.22. The van der Waals surface area contributed by atoms with Crippen LogP contribution in [0.2, 0.25) is 0 Å². The van der Waals surface area contributed by atoms with E-state index in [4.69, 9.17) is 5.73 Å². The fourth-order valence-electron chi connectivity index (χ4n) is 5.05. The highest BCUT2D eigenvalue weighted by molar-refractivity contribution is 7.99. The minimum absolute atomic E-state index is 0.0393. The molecule has 3 aromatic rings. The summed E-state index contributed by atoms with van der Waals surface area (Å²) < 4.78 is 0. The number of aliphatic hydroxyl groups is 1. The molecule has 8 nitrogen and oxygen atoms in total. The average molecular weight is 562 g/mol. The highest BCUT2D eigenvalue weighted by Crippen LogP contribution is 2.32. The molecule has 5 N–H and O–H groups in total. The Morgan fingerprint density at radius 1 is 1.05 bits per heavy atom. The second kappa shape index (κ2) is 13.1. The third-order valence-corrected chi connectivity index (χ3v) is 8.43. The molecule has 4 atom stereocenters. The van der Waals surface area contributed by atoms with Gasteiger partial charge in [0.15, 0.2) is 5.78 Å². The van der Waals surface area contributed by atoms with Crippen LogP contribution in [-0.2, 0) is 22.6 Å². The van der Waals surface area contributed by atoms with Gasteiger partial charge in [0.25, 0.3) is 5.91 Å². The lowest BCUT2D eigenvalue weighted by molar-refractivity contribution is -0.146. The second-order valence-electron chi connectivity index (χ2n) is 9.90. The van der Waals surface area contributed by atoms with E-state index in [0.717, 1.165) is 11.1 Å². The maximum atomic E-state index is 14.0. The summed E-state index contributed by atoms with van der Waals surface area (Å²) in [4.78, 5) is 42.2. The monoisotopic (exact) mass is 561 g/mol. The Labute approximate surface area is 238 Å². The first-order valence-electron chi connectivity index (χ1n) is 13.3. The van der Waals surface area contributed by atoms with E-state index in [0.29, 0.717) is 29.8 Å². The van der Waals surface area contributed by atoms with Gasteiger partial charge in [-0.15, -0.1) is 11.8 Å². The molecule has 3 aromatic carbocycles. The molecule has 0 spiro atoms. The first-order chi connectivity index (χ1) is 19.2. The molecule has 1 aliphatic rings. The molecule has 0 radical (unpaired) electrons. The maximum Gasteiger partial charge on any atom is 0.253 e. The minimum Gasteiger partial charge on any atom is -0.508 e. The van der Waals surface area contributed by atoms with E-state index in [1.165, 1.54) is 22.7 Å². The summed E-state index contributed by atoms with van der Waals surface area (Å²) in [6.45, 7) is 4.08. The van der Waals surface area contributed by atoms with Crippen LogP contribution in [0.15, 0.2) is 72.8 Å². The zero-order chi connectivity index (χ0) is 28.8. The number of phenols is 1. The van der Waals surface area contributed by atoms with Crippen LogP contribution in [-0.4, -0.2) is 56.5 Å². The summed E-state index contributed by atoms with van der Waals surface area (Å²) in [7, 11) is 0. The highest BCUT2D eigenvalue weighted by atomic mass is 32.2. The molecule has 0 aromatic heterocycles. The van der Waals surface area contributed by atoms with Gasteiger partial charge in [0.2, 0.25) is 5.91 Å². The molecule has 4 rings (SSSR count). The number of carbonyl (C=O) groups excluding carboxylic acids is 3. The van der Waals surface area contributed by atoms with Gasteiger partial charge in [0, 0.05) is 29.5 Å². The Morgan fingerprint density at radius 2 is 1.75 bits per heavy atom. The molecule has 40 heavy (non-hydrogen) atoms. The number of benzene rings is 3. The Balaban J connectivity index is 1.60. The van der Waals surface area contributed by atoms with Crippen molar-refractivity contribution in [2.45, 2.75) is 45.0 Å². The highest BCUT2D eigenvalue weighted by Gasteiger charge is 2.44. The summed E-state index contributed by atoms with van der Waals surface area (Å²) >= 11 is 1.40. The predicted molar refractivity (Wildman–Crippen MR) is 156 cm³/mol. The zero-order valence-corrected chi connectivity index (χ0v) is 23.4. The first kappa shape index (κ1) is 29.3. The number of hydrogen-bond donors (Lipinski definition) is 4. The molecule has 0 bridgehead atoms. The van der Waals surface area contributed by atoms with Gasteiger partial charge >= 0.3 is 0 Å². The lowest BCUT2D eigenvalue weighted by Gasteiger charge is -2.32. The SMILES string of the molecule is CCc1c(O)cccc1C(=O)[C@@H](C(N)c1ccccc1)[C@H](O)C(=O)N1CSC[C@H]1C(=O)NCc1ccccc1C. The molecule has 1 fully saturated rings. The van der Waals surface area contributed by atoms with Crippen molar-refractivity contribution in [2.24, 2.45) is 11.7 Å². The van der Waals surface area contributed by atoms with Crippen LogP contribution < -0.4 is 11.1 Å². The third-order valence-electron chi connectivity index (χ3n) is 7.42. The molecule has 9 heteroatoms. The predicted octanol–water partition coefficient (Wildman–Crippen LogP) is 3.34. The number of carbonyl (C=O) groups is 3. The summed E-state index contributed by atoms with van der Waals surface area (Å²) in [6.07, 6.45) is -1.43. The van der Waals surface area contributed by atoms with E-state index in [-0.39, 0.29) is 23.1 Å². The van der Waals surface area contributed by atoms with Crippen molar-refractivity contribution in [3.8, 4) is 5.75 Å². The van der Waals surface area contributed by atoms with E-state index in [1.807, 2.05) is 31.2 Å². The Hall–Kier alpha value is -3.66. The van der Waals surface area contributed by atoms with Gasteiger partial charge in [-0.2, -0.15) is 0 Å². The number of aliphatic hydroxyl groups excluding tert-OH is 1. The number of hydrogen-bond acceptors (Lipinski definition) is 7. The number of nitrogens with zero attached hydrogens (tertiary/aromatic N) is 1. The summed E-state index contributed by atoms with van der Waals surface area (Å²) in [5.74, 6) is -2.42. The van der Waals surface area contributed by atoms with Gasteiger partial charge in [-0.25, -0.2) is 0 Å². The van der Waals surface area contributed by atoms with Crippen LogP contribution in [0.3, 0.4) is 0 Å². The van der Waals surface area contributed by atoms with E-state index < -0.39 is 35.8 Å². The quantitative estimate of drug-likeness (QED) is 0.279. The molecule has 1 heterocycles. The molecule has 1 saturated heterocycles. The molecule has 0 aliphatic carbocycles. The minimum atomic E-state index is -1.81. The number of amides is 2. The van der Waals surface area contributed by atoms with E-state index in [1.54, 1.807) is 49.4 Å². The average Bonchev–Trinajstić information content (AvgIpc) is 3.46. The van der Waals surface area contributed by atoms with Crippen molar-refractivity contribution in [3.63, 3.8) is 0 Å². The van der Waals surface area contributed by atoms with Gasteiger partial charge in [-0.05, 0) is 36.1 Å². The fraction of sp³-hybridized carbons (Fsp3) is 0.323. The molecule has 1 aliphatic heterocycles. The maximum absolute atomic E-state index is 14.0. The standard InChI is InChI=1S/C31H35N3O5S/c1-3-22-23(14-9-15-25(22)35)28(36)26(27(32)20-11-5-4-6-12-20)29(37)31(39)34-18-40-17-24(34)30(38)33-16-21-13-8-7-10-19(21)2/h4-15,24,26-27,29,35,37H,3,16-18,32H2,1-2H3,(H,33,38)/t24-,26+,27?,29-/m0/s1. The topological polar surface area (TPSA) is 133 Å². The van der Waals surface area contributed by atoms with Gasteiger partial charge in [0.05, 0.1) is 11.8 Å². The molecule has 0 saturated carbocycles. The summed E-state index contributed by atoms with van der Waals surface area (Å²) in [5.41, 5.74) is 9.78. The number of Topliss-reactive ketones (excluding diaryl/α,β-unsaturated/α-hetero) is 1. The molecular weight excluding hydrogens is 526 g/mol. The zero-order valence-electron chi connectivity index (χ0n) is 22.6. The lowest BCUT2D eigenvalue weighted by atomic mass is 9.81. The second-order valence-corrected chi connectivity index (χ2v) is 10.9. The van der Waals surface area contributed by atoms with Crippen LogP contribution >= 0.6 is 11.8 Å². The van der Waals surface area contributed by atoms with Crippen molar-refractivity contribution < 1.29 is 24.6 Å². The van der Waals surface area contributed by atoms with Crippen LogP contribution in [0.1, 0.15) is 45.6 Å². The van der Waals surface area contributed by atoms with Crippen molar-refractivity contribution >= 4 is 29.4 Å². The van der Waals surface area contributed by atoms with Crippen molar-refractivity contribution in [2.75, 3.05) is 11.6 Å². The van der Waals surface area contributed by atoms with Gasteiger partial charge in [-0.3, -0.25) is 14.4 Å². The van der Waals surface area contributed by atoms with E-state index in [9.17, 15) is 24.6 Å². The van der Waals surface area contributed by atoms with Crippen LogP contribution in [0.25, 0.3) is 0 Å². The van der Waals surface area contributed by atoms with Crippen LogP contribution in [0.5, 0.6) is 5.75 Å². The summed E-state index contributed by atoms with van der Waals surface area (Å²) in [6, 6.07) is 19.3. The molecule has 2 amide bonds. The fourth-order valence-corrected chi connectivity index (χ4v) is 6.22. The van der Waals surface area contributed by atoms with Crippen molar-refractivity contribution in [3.05, 3.63) is 101 Å². The molecular formula is C31H35N3O5S. The Morgan fingerprint density at radius 3 is 2.45 bits per heavy atom. The number of rotatable bonds is 10. The van der Waals surface area contributed by atoms with Crippen molar-refractivity contribution in [1.29, 1.82) is 0 Å². The summed E-state index contributed by atoms with van der Waals surface area (Å²) in [5, 5.41) is 24.8. The van der Waals surface area contributed by atoms with E-state index >= 15 is 0 Å². The number of thioether (sulfide) groups is 1. The molecule has 1 unspecified atom stereocenters. The largest absolute Gasteiger partial charge is 0.508 e. The first-order valence-corrected chi connectivity index (χ1v) is 14.4. The smallest absolute Gasteiger partial charge is 0.253 e.